The molecular weight excluding hydrogens is 447 g/mol. The number of hydrogen-bond acceptors (Lipinski definition) is 4. The van der Waals surface area contributed by atoms with E-state index >= 15 is 0 Å². The van der Waals surface area contributed by atoms with Gasteiger partial charge >= 0.3 is 5.92 Å². The molecule has 3 aromatic rings. The van der Waals surface area contributed by atoms with Crippen LogP contribution in [0.5, 0.6) is 0 Å². The number of rotatable bonds is 6. The summed E-state index contributed by atoms with van der Waals surface area (Å²) in [5.74, 6) is -5.62. The molecule has 0 radical (unpaired) electrons. The molecular formula is C22H21F5N4O2. The molecule has 0 saturated carbocycles. The predicted molar refractivity (Wildman–Crippen MR) is 110 cm³/mol. The van der Waals surface area contributed by atoms with E-state index in [1.54, 1.807) is 7.11 Å². The number of aromatic nitrogens is 3. The summed E-state index contributed by atoms with van der Waals surface area (Å²) in [6.07, 6.45) is -1.08. The molecule has 0 bridgehead atoms. The normalized spacial score (nSPS) is 16.8. The number of amides is 1. The summed E-state index contributed by atoms with van der Waals surface area (Å²) in [7, 11) is 1.55. The Morgan fingerprint density at radius 3 is 2.67 bits per heavy atom. The predicted octanol–water partition coefficient (Wildman–Crippen LogP) is 4.48. The molecule has 1 aliphatic rings. The SMILES string of the molecule is CO[C@H]1CCN(C(=O)c2ccc(-c3nccc4c3nc(C(C)(F)F)n4CC(F)F)cc2F)C1. The first kappa shape index (κ1) is 23.1. The van der Waals surface area contributed by atoms with Crippen LogP contribution in [0.4, 0.5) is 22.0 Å². The van der Waals surface area contributed by atoms with E-state index in [2.05, 4.69) is 9.97 Å². The molecule has 1 saturated heterocycles. The van der Waals surface area contributed by atoms with Crippen molar-refractivity contribution in [3.05, 3.63) is 47.7 Å². The van der Waals surface area contributed by atoms with Gasteiger partial charge in [0, 0.05) is 38.9 Å². The first-order valence-electron chi connectivity index (χ1n) is 10.2. The smallest absolute Gasteiger partial charge is 0.302 e. The molecule has 1 amide bonds. The molecule has 0 spiro atoms. The average molecular weight is 468 g/mol. The van der Waals surface area contributed by atoms with Crippen LogP contribution in [-0.2, 0) is 17.2 Å². The van der Waals surface area contributed by atoms with Crippen LogP contribution in [0.3, 0.4) is 0 Å². The number of hydrogen-bond donors (Lipinski definition) is 0. The Bertz CT molecular complexity index is 1190. The Hall–Kier alpha value is -3.08. The summed E-state index contributed by atoms with van der Waals surface area (Å²) >= 11 is 0. The fourth-order valence-corrected chi connectivity index (χ4v) is 4.03. The Morgan fingerprint density at radius 1 is 1.30 bits per heavy atom. The lowest BCUT2D eigenvalue weighted by Crippen LogP contribution is -2.30. The third kappa shape index (κ3) is 4.41. The van der Waals surface area contributed by atoms with Gasteiger partial charge in [0.1, 0.15) is 11.3 Å². The van der Waals surface area contributed by atoms with Crippen molar-refractivity contribution in [2.45, 2.75) is 38.3 Å². The minimum Gasteiger partial charge on any atom is -0.380 e. The summed E-state index contributed by atoms with van der Waals surface area (Å²) in [5.41, 5.74) is 0.0467. The van der Waals surface area contributed by atoms with Crippen molar-refractivity contribution in [1.29, 1.82) is 0 Å². The minimum absolute atomic E-state index is 0.0278. The lowest BCUT2D eigenvalue weighted by molar-refractivity contribution is 0.00166. The summed E-state index contributed by atoms with van der Waals surface area (Å²) in [6, 6.07) is 5.09. The summed E-state index contributed by atoms with van der Waals surface area (Å²) in [4.78, 5) is 22.2. The first-order valence-corrected chi connectivity index (χ1v) is 10.2. The third-order valence-electron chi connectivity index (χ3n) is 5.62. The highest BCUT2D eigenvalue weighted by molar-refractivity contribution is 5.96. The maximum absolute atomic E-state index is 14.9. The zero-order valence-electron chi connectivity index (χ0n) is 17.9. The van der Waals surface area contributed by atoms with E-state index in [1.165, 1.54) is 29.3 Å². The van der Waals surface area contributed by atoms with Gasteiger partial charge in [-0.3, -0.25) is 9.78 Å². The molecule has 33 heavy (non-hydrogen) atoms. The molecule has 0 aliphatic carbocycles. The van der Waals surface area contributed by atoms with E-state index in [9.17, 15) is 26.7 Å². The Kier molecular flexibility index (Phi) is 6.08. The monoisotopic (exact) mass is 468 g/mol. The molecule has 1 fully saturated rings. The fraction of sp³-hybridized carbons (Fsp3) is 0.409. The van der Waals surface area contributed by atoms with Crippen molar-refractivity contribution in [2.75, 3.05) is 20.2 Å². The molecule has 0 unspecified atom stereocenters. The van der Waals surface area contributed by atoms with E-state index in [4.69, 9.17) is 4.74 Å². The summed E-state index contributed by atoms with van der Waals surface area (Å²) < 4.78 is 75.2. The number of methoxy groups -OCH3 is 1. The molecule has 1 aliphatic heterocycles. The van der Waals surface area contributed by atoms with Crippen molar-refractivity contribution in [2.24, 2.45) is 0 Å². The average Bonchev–Trinajstić information content (AvgIpc) is 3.38. The molecule has 1 atom stereocenters. The van der Waals surface area contributed by atoms with Gasteiger partial charge in [0.05, 0.1) is 29.4 Å². The van der Waals surface area contributed by atoms with Gasteiger partial charge in [-0.1, -0.05) is 6.07 Å². The molecule has 2 aromatic heterocycles. The van der Waals surface area contributed by atoms with E-state index in [0.717, 1.165) is 10.6 Å². The van der Waals surface area contributed by atoms with Gasteiger partial charge in [0.2, 0.25) is 0 Å². The molecule has 6 nitrogen and oxygen atoms in total. The Morgan fingerprint density at radius 2 is 2.06 bits per heavy atom. The highest BCUT2D eigenvalue weighted by Gasteiger charge is 2.34. The minimum atomic E-state index is -3.48. The number of pyridine rings is 1. The van der Waals surface area contributed by atoms with Crippen LogP contribution in [-0.4, -0.2) is 58.1 Å². The standard InChI is InChI=1S/C22H21F5N4O2/c1-22(26,27)21-29-19-16(31(21)11-17(24)25)5-7-28-18(19)12-3-4-14(15(23)9-12)20(32)30-8-6-13(10-30)33-2/h3-5,7,9,13,17H,6,8,10-11H2,1-2H3/t13-/m0/s1. The Labute approximate surface area is 186 Å². The zero-order chi connectivity index (χ0) is 23.9. The highest BCUT2D eigenvalue weighted by atomic mass is 19.3. The zero-order valence-corrected chi connectivity index (χ0v) is 17.9. The largest absolute Gasteiger partial charge is 0.380 e. The van der Waals surface area contributed by atoms with Crippen molar-refractivity contribution >= 4 is 16.9 Å². The topological polar surface area (TPSA) is 60.2 Å². The van der Waals surface area contributed by atoms with E-state index in [0.29, 0.717) is 26.4 Å². The lowest BCUT2D eigenvalue weighted by atomic mass is 10.1. The first-order chi connectivity index (χ1) is 15.6. The second-order valence-electron chi connectivity index (χ2n) is 7.94. The molecule has 0 N–H and O–H groups in total. The molecule has 1 aromatic carbocycles. The van der Waals surface area contributed by atoms with Crippen LogP contribution >= 0.6 is 0 Å². The van der Waals surface area contributed by atoms with Crippen molar-refractivity contribution in [1.82, 2.24) is 19.4 Å². The number of carbonyl (C=O) groups excluding carboxylic acids is 1. The van der Waals surface area contributed by atoms with Crippen LogP contribution in [0.15, 0.2) is 30.5 Å². The van der Waals surface area contributed by atoms with Crippen molar-refractivity contribution in [3.8, 4) is 11.3 Å². The summed E-state index contributed by atoms with van der Waals surface area (Å²) in [6.45, 7) is 0.386. The molecule has 3 heterocycles. The second kappa shape index (κ2) is 8.69. The Balaban J connectivity index is 1.74. The van der Waals surface area contributed by atoms with Gasteiger partial charge in [0.15, 0.2) is 5.82 Å². The quantitative estimate of drug-likeness (QED) is 0.501. The maximum atomic E-state index is 14.9. The van der Waals surface area contributed by atoms with E-state index in [-0.39, 0.29) is 34.0 Å². The summed E-state index contributed by atoms with van der Waals surface area (Å²) in [5, 5.41) is 0. The van der Waals surface area contributed by atoms with Gasteiger partial charge in [-0.25, -0.2) is 18.2 Å². The second-order valence-corrected chi connectivity index (χ2v) is 7.94. The van der Waals surface area contributed by atoms with Gasteiger partial charge < -0.3 is 14.2 Å². The van der Waals surface area contributed by atoms with Crippen molar-refractivity contribution < 1.29 is 31.5 Å². The number of halogens is 5. The number of likely N-dealkylation sites (tertiary alicyclic amines) is 1. The fourth-order valence-electron chi connectivity index (χ4n) is 4.03. The number of benzene rings is 1. The van der Waals surface area contributed by atoms with Crippen LogP contribution in [0.25, 0.3) is 22.3 Å². The van der Waals surface area contributed by atoms with E-state index < -0.39 is 36.4 Å². The van der Waals surface area contributed by atoms with Crippen molar-refractivity contribution in [3.63, 3.8) is 0 Å². The van der Waals surface area contributed by atoms with Crippen LogP contribution in [0.1, 0.15) is 29.5 Å². The number of alkyl halides is 4. The number of nitrogens with zero attached hydrogens (tertiary/aromatic N) is 4. The van der Waals surface area contributed by atoms with Gasteiger partial charge in [-0.05, 0) is 24.6 Å². The number of fused-ring (bicyclic) bond motifs is 1. The van der Waals surface area contributed by atoms with Crippen LogP contribution in [0, 0.1) is 5.82 Å². The molecule has 11 heteroatoms. The van der Waals surface area contributed by atoms with Crippen LogP contribution < -0.4 is 0 Å². The lowest BCUT2D eigenvalue weighted by Gasteiger charge is -2.17. The van der Waals surface area contributed by atoms with Gasteiger partial charge in [-0.15, -0.1) is 0 Å². The number of ether oxygens (including phenoxy) is 1. The van der Waals surface area contributed by atoms with Crippen LogP contribution in [0.2, 0.25) is 0 Å². The molecule has 176 valence electrons. The molecule has 4 rings (SSSR count). The highest BCUT2D eigenvalue weighted by Crippen LogP contribution is 2.34. The maximum Gasteiger partial charge on any atom is 0.302 e. The van der Waals surface area contributed by atoms with Gasteiger partial charge in [0.25, 0.3) is 12.3 Å². The number of carbonyl (C=O) groups is 1. The van der Waals surface area contributed by atoms with Gasteiger partial charge in [-0.2, -0.15) is 8.78 Å². The van der Waals surface area contributed by atoms with E-state index in [1.807, 2.05) is 0 Å². The number of imidazole rings is 1. The third-order valence-corrected chi connectivity index (χ3v) is 5.62.